The van der Waals surface area contributed by atoms with Crippen LogP contribution in [0.1, 0.15) is 47.1 Å². The lowest BCUT2D eigenvalue weighted by Gasteiger charge is -2.26. The fourth-order valence-corrected chi connectivity index (χ4v) is 1.45. The summed E-state index contributed by atoms with van der Waals surface area (Å²) in [5.74, 6) is 0.964. The van der Waals surface area contributed by atoms with E-state index in [4.69, 9.17) is 4.99 Å². The van der Waals surface area contributed by atoms with Gasteiger partial charge in [0.1, 0.15) is 5.84 Å². The molecule has 1 rings (SSSR count). The number of benzene rings is 1. The van der Waals surface area contributed by atoms with E-state index in [-0.39, 0.29) is 11.1 Å². The highest BCUT2D eigenvalue weighted by Gasteiger charge is 2.16. The van der Waals surface area contributed by atoms with Gasteiger partial charge in [0.05, 0.1) is 5.54 Å². The molecule has 1 aromatic carbocycles. The van der Waals surface area contributed by atoms with Crippen molar-refractivity contribution in [3.05, 3.63) is 35.9 Å². The largest absolute Gasteiger partial charge is 0.365 e. The first kappa shape index (κ1) is 13.8. The molecular formula is C15H24N2. The predicted molar refractivity (Wildman–Crippen MR) is 75.6 cm³/mol. The molecular weight excluding hydrogens is 208 g/mol. The smallest absolute Gasteiger partial charge is 0.129 e. The van der Waals surface area contributed by atoms with Crippen LogP contribution in [0.5, 0.6) is 0 Å². The van der Waals surface area contributed by atoms with Crippen LogP contribution in [0.15, 0.2) is 35.3 Å². The van der Waals surface area contributed by atoms with Gasteiger partial charge in [0.2, 0.25) is 0 Å². The molecule has 0 saturated carbocycles. The number of amidine groups is 1. The molecule has 1 N–H and O–H groups in total. The lowest BCUT2D eigenvalue weighted by molar-refractivity contribution is 0.502. The molecule has 1 aromatic rings. The summed E-state index contributed by atoms with van der Waals surface area (Å²) in [6, 6.07) is 10.3. The molecule has 0 aliphatic rings. The van der Waals surface area contributed by atoms with E-state index in [1.54, 1.807) is 0 Å². The Morgan fingerprint density at radius 1 is 0.941 bits per heavy atom. The van der Waals surface area contributed by atoms with E-state index in [0.29, 0.717) is 0 Å². The molecule has 2 nitrogen and oxygen atoms in total. The zero-order valence-electron chi connectivity index (χ0n) is 11.8. The number of nitrogens with one attached hydrogen (secondary N) is 1. The number of aliphatic imine (C=N–C) groups is 1. The molecule has 0 fully saturated rings. The molecule has 0 amide bonds. The molecule has 0 aromatic heterocycles. The van der Waals surface area contributed by atoms with Gasteiger partial charge in [-0.1, -0.05) is 30.3 Å². The SMILES string of the molecule is CC(C)(C)/N=C(/NC(C)(C)C)c1ccccc1. The van der Waals surface area contributed by atoms with Crippen molar-refractivity contribution in [2.45, 2.75) is 52.6 Å². The minimum atomic E-state index is -0.0799. The van der Waals surface area contributed by atoms with Crippen LogP contribution in [0.25, 0.3) is 0 Å². The van der Waals surface area contributed by atoms with Gasteiger partial charge >= 0.3 is 0 Å². The topological polar surface area (TPSA) is 24.4 Å². The van der Waals surface area contributed by atoms with E-state index in [9.17, 15) is 0 Å². The summed E-state index contributed by atoms with van der Waals surface area (Å²) in [5, 5.41) is 3.48. The highest BCUT2D eigenvalue weighted by molar-refractivity contribution is 5.99. The second-order valence-corrected chi connectivity index (χ2v) is 6.37. The van der Waals surface area contributed by atoms with Crippen molar-refractivity contribution in [2.75, 3.05) is 0 Å². The predicted octanol–water partition coefficient (Wildman–Crippen LogP) is 3.62. The molecule has 0 aliphatic heterocycles. The maximum absolute atomic E-state index is 4.77. The quantitative estimate of drug-likeness (QED) is 0.580. The molecule has 0 heterocycles. The first-order valence-corrected chi connectivity index (χ1v) is 6.11. The lowest BCUT2D eigenvalue weighted by Crippen LogP contribution is -2.42. The Hall–Kier alpha value is -1.31. The second-order valence-electron chi connectivity index (χ2n) is 6.37. The highest BCUT2D eigenvalue weighted by Crippen LogP contribution is 2.12. The molecule has 0 spiro atoms. The van der Waals surface area contributed by atoms with Crippen molar-refractivity contribution in [2.24, 2.45) is 4.99 Å². The highest BCUT2D eigenvalue weighted by atomic mass is 15.1. The maximum atomic E-state index is 4.77. The molecule has 0 atom stereocenters. The van der Waals surface area contributed by atoms with Crippen LogP contribution in [0.4, 0.5) is 0 Å². The zero-order valence-corrected chi connectivity index (χ0v) is 11.8. The fourth-order valence-electron chi connectivity index (χ4n) is 1.45. The number of hydrogen-bond donors (Lipinski definition) is 1. The van der Waals surface area contributed by atoms with Crippen molar-refractivity contribution in [1.82, 2.24) is 5.32 Å². The van der Waals surface area contributed by atoms with Crippen molar-refractivity contribution in [3.8, 4) is 0 Å². The van der Waals surface area contributed by atoms with E-state index < -0.39 is 0 Å². The Balaban J connectivity index is 3.09. The van der Waals surface area contributed by atoms with Gasteiger partial charge in [-0.3, -0.25) is 4.99 Å². The van der Waals surface area contributed by atoms with Gasteiger partial charge < -0.3 is 5.32 Å². The summed E-state index contributed by atoms with van der Waals surface area (Å²) < 4.78 is 0. The molecule has 94 valence electrons. The molecule has 0 unspecified atom stereocenters. The van der Waals surface area contributed by atoms with Crippen LogP contribution in [-0.2, 0) is 0 Å². The van der Waals surface area contributed by atoms with E-state index in [2.05, 4.69) is 59.0 Å². The van der Waals surface area contributed by atoms with Crippen LogP contribution in [0, 0.1) is 0 Å². The maximum Gasteiger partial charge on any atom is 0.129 e. The molecule has 0 aliphatic carbocycles. The molecule has 2 heteroatoms. The lowest BCUT2D eigenvalue weighted by atomic mass is 10.1. The zero-order chi connectivity index (χ0) is 13.1. The Morgan fingerprint density at radius 2 is 1.47 bits per heavy atom. The minimum absolute atomic E-state index is 0.0138. The van der Waals surface area contributed by atoms with E-state index in [0.717, 1.165) is 11.4 Å². The average Bonchev–Trinajstić information content (AvgIpc) is 2.14. The van der Waals surface area contributed by atoms with Gasteiger partial charge in [-0.05, 0) is 41.5 Å². The van der Waals surface area contributed by atoms with Crippen molar-refractivity contribution >= 4 is 5.84 Å². The fraction of sp³-hybridized carbons (Fsp3) is 0.533. The first-order chi connectivity index (χ1) is 7.67. The molecule has 17 heavy (non-hydrogen) atoms. The van der Waals surface area contributed by atoms with Gasteiger partial charge in [0.15, 0.2) is 0 Å². The van der Waals surface area contributed by atoms with Gasteiger partial charge in [0.25, 0.3) is 0 Å². The molecule has 0 radical (unpaired) electrons. The Morgan fingerprint density at radius 3 is 1.88 bits per heavy atom. The Bertz CT molecular complexity index is 378. The third-order valence-corrected chi connectivity index (χ3v) is 1.99. The van der Waals surface area contributed by atoms with Gasteiger partial charge in [-0.25, -0.2) is 0 Å². The van der Waals surface area contributed by atoms with Gasteiger partial charge in [-0.15, -0.1) is 0 Å². The average molecular weight is 232 g/mol. The molecule has 0 saturated heterocycles. The second kappa shape index (κ2) is 4.91. The summed E-state index contributed by atoms with van der Waals surface area (Å²) in [7, 11) is 0. The van der Waals surface area contributed by atoms with Crippen LogP contribution in [0.2, 0.25) is 0 Å². The number of rotatable bonds is 1. The van der Waals surface area contributed by atoms with Gasteiger partial charge in [-0.2, -0.15) is 0 Å². The first-order valence-electron chi connectivity index (χ1n) is 6.11. The normalized spacial score (nSPS) is 13.6. The van der Waals surface area contributed by atoms with Crippen LogP contribution < -0.4 is 5.32 Å². The van der Waals surface area contributed by atoms with E-state index in [1.165, 1.54) is 0 Å². The van der Waals surface area contributed by atoms with Crippen LogP contribution in [-0.4, -0.2) is 16.9 Å². The summed E-state index contributed by atoms with van der Waals surface area (Å²) >= 11 is 0. The summed E-state index contributed by atoms with van der Waals surface area (Å²) in [5.41, 5.74) is 1.07. The standard InChI is InChI=1S/C15H24N2/c1-14(2,3)16-13(17-15(4,5)6)12-10-8-7-9-11-12/h7-11H,1-6H3,(H,16,17). The Kier molecular flexibility index (Phi) is 3.97. The summed E-state index contributed by atoms with van der Waals surface area (Å²) in [4.78, 5) is 4.77. The van der Waals surface area contributed by atoms with Crippen LogP contribution >= 0.6 is 0 Å². The summed E-state index contributed by atoms with van der Waals surface area (Å²) in [6.45, 7) is 12.8. The van der Waals surface area contributed by atoms with Crippen LogP contribution in [0.3, 0.4) is 0 Å². The van der Waals surface area contributed by atoms with Crippen molar-refractivity contribution in [3.63, 3.8) is 0 Å². The van der Waals surface area contributed by atoms with Crippen molar-refractivity contribution in [1.29, 1.82) is 0 Å². The third kappa shape index (κ3) is 5.53. The third-order valence-electron chi connectivity index (χ3n) is 1.99. The minimum Gasteiger partial charge on any atom is -0.365 e. The van der Waals surface area contributed by atoms with Gasteiger partial charge in [0, 0.05) is 11.1 Å². The van der Waals surface area contributed by atoms with E-state index >= 15 is 0 Å². The summed E-state index contributed by atoms with van der Waals surface area (Å²) in [6.07, 6.45) is 0. The molecule has 0 bridgehead atoms. The van der Waals surface area contributed by atoms with E-state index in [1.807, 2.05) is 18.2 Å². The number of nitrogens with zero attached hydrogens (tertiary/aromatic N) is 1. The Labute approximate surface area is 105 Å². The monoisotopic (exact) mass is 232 g/mol. The number of hydrogen-bond acceptors (Lipinski definition) is 1. The van der Waals surface area contributed by atoms with Crippen molar-refractivity contribution < 1.29 is 0 Å².